The molecule has 8 rings (SSSR count). The molecule has 0 unspecified atom stereocenters. The van der Waals surface area contributed by atoms with Gasteiger partial charge in [-0.15, -0.1) is 0 Å². The van der Waals surface area contributed by atoms with Gasteiger partial charge in [0.1, 0.15) is 17.4 Å². The quantitative estimate of drug-likeness (QED) is 0.0540. The van der Waals surface area contributed by atoms with Gasteiger partial charge < -0.3 is 9.68 Å². The Morgan fingerprint density at radius 3 is 1.24 bits per heavy atom. The van der Waals surface area contributed by atoms with Gasteiger partial charge in [0, 0.05) is 39.9 Å². The maximum Gasteiger partial charge on any atom is 0.569 e. The first kappa shape index (κ1) is 57.9. The predicted octanol–water partition coefficient (Wildman–Crippen LogP) is 17.5. The van der Waals surface area contributed by atoms with Crippen LogP contribution in [-0.4, -0.2) is 12.7 Å². The molecular weight excluding hydrogens is 1040 g/mol. The van der Waals surface area contributed by atoms with Gasteiger partial charge in [0.15, 0.2) is 34.9 Å². The lowest BCUT2D eigenvalue weighted by Gasteiger charge is -2.10. The van der Waals surface area contributed by atoms with Crippen LogP contribution in [0.4, 0.5) is 35.1 Å². The summed E-state index contributed by atoms with van der Waals surface area (Å²) in [6, 6.07) is 41.3. The second-order valence-electron chi connectivity index (χ2n) is 17.6. The van der Waals surface area contributed by atoms with E-state index in [1.807, 2.05) is 55.5 Å². The zero-order valence-corrected chi connectivity index (χ0v) is 43.9. The third-order valence-electron chi connectivity index (χ3n) is 12.2. The van der Waals surface area contributed by atoms with Crippen molar-refractivity contribution in [1.29, 1.82) is 0 Å². The molecule has 8 aromatic rings. The Morgan fingerprint density at radius 1 is 0.434 bits per heavy atom. The van der Waals surface area contributed by atoms with Crippen LogP contribution in [0.2, 0.25) is 0 Å². The summed E-state index contributed by atoms with van der Waals surface area (Å²) >= 11 is 3.21. The summed E-state index contributed by atoms with van der Waals surface area (Å²) < 4.78 is 111. The van der Waals surface area contributed by atoms with Crippen LogP contribution in [0.15, 0.2) is 150 Å². The van der Waals surface area contributed by atoms with Crippen molar-refractivity contribution < 1.29 is 44.8 Å². The molecule has 12 heteroatoms. The molecule has 0 heterocycles. The summed E-state index contributed by atoms with van der Waals surface area (Å²) in [6.07, 6.45) is 8.61. The summed E-state index contributed by atoms with van der Waals surface area (Å²) in [7, 11) is 0.242. The molecule has 0 aromatic heterocycles. The highest BCUT2D eigenvalue weighted by molar-refractivity contribution is 9.10. The van der Waals surface area contributed by atoms with Crippen molar-refractivity contribution in [1.82, 2.24) is 0 Å². The summed E-state index contributed by atoms with van der Waals surface area (Å²) in [4.78, 5) is 0. The van der Waals surface area contributed by atoms with E-state index in [0.717, 1.165) is 82.3 Å². The van der Waals surface area contributed by atoms with E-state index in [1.165, 1.54) is 54.5 Å². The Hall–Kier alpha value is -7.38. The highest BCUT2D eigenvalue weighted by Gasteiger charge is 2.16. The second kappa shape index (κ2) is 28.5. The molecule has 0 spiro atoms. The van der Waals surface area contributed by atoms with E-state index in [4.69, 9.17) is 5.02 Å². The minimum Gasteiger partial charge on any atom is -0.537 e. The van der Waals surface area contributed by atoms with Gasteiger partial charge in [0.2, 0.25) is 0 Å². The number of hydrogen-bond donors (Lipinski definition) is 1. The molecule has 1 radical (unpaired) electrons. The third kappa shape index (κ3) is 16.1. The van der Waals surface area contributed by atoms with E-state index in [9.17, 15) is 35.1 Å². The maximum absolute atomic E-state index is 14.9. The molecule has 0 aliphatic carbocycles. The van der Waals surface area contributed by atoms with Crippen LogP contribution in [0.25, 0.3) is 33.4 Å². The van der Waals surface area contributed by atoms with Gasteiger partial charge in [0.25, 0.3) is 0 Å². The molecule has 8 aromatic carbocycles. The van der Waals surface area contributed by atoms with E-state index in [2.05, 4.69) is 108 Å². The van der Waals surface area contributed by atoms with Crippen LogP contribution in [0, 0.1) is 70.2 Å². The Bertz CT molecular complexity index is 3350. The molecule has 0 atom stereocenters. The van der Waals surface area contributed by atoms with Crippen LogP contribution >= 0.6 is 15.9 Å². The lowest BCUT2D eigenvalue weighted by atomic mass is 9.95. The minimum absolute atomic E-state index is 0.00420. The molecule has 0 saturated carbocycles. The molecule has 0 aliphatic rings. The average Bonchev–Trinajstić information content (AvgIpc) is 3.43. The van der Waals surface area contributed by atoms with E-state index in [1.54, 1.807) is 18.2 Å². The first-order valence-corrected chi connectivity index (χ1v) is 25.6. The summed E-state index contributed by atoms with van der Waals surface area (Å²) in [5, 5.41) is 8.08. The van der Waals surface area contributed by atoms with Crippen LogP contribution in [0.5, 0.6) is 5.75 Å². The standard InChI is InChI=1S/C32H26F4.C26H24BrF.C6H3BF3O2/c1-3-5-6-21-7-9-22(10-8-21)11-12-24-13-14-25(17-23(24)4-2)26-15-16-28(29(33)18-26)27-19-30(34)32(36)31(35)20-27;1-3-5-6-19-7-9-20(10-8-19)11-12-22-13-14-23(17-21(22)4-2)24-15-16-25(27)26(28)18-24;8-4-1-3(12-7-11)2-5(9)6(4)10/h7-10,13-20H,3-6H2,1-2H3;7-10,13-18H,3-6H2,1-2H3;1-2,11H. The van der Waals surface area contributed by atoms with Crippen LogP contribution < -0.4 is 4.65 Å². The van der Waals surface area contributed by atoms with Crippen molar-refractivity contribution in [2.75, 3.05) is 0 Å². The first-order valence-electron chi connectivity index (χ1n) is 24.8. The second-order valence-corrected chi connectivity index (χ2v) is 18.4. The van der Waals surface area contributed by atoms with Crippen molar-refractivity contribution in [3.05, 3.63) is 241 Å². The van der Waals surface area contributed by atoms with Gasteiger partial charge in [-0.2, -0.15) is 0 Å². The van der Waals surface area contributed by atoms with Gasteiger partial charge >= 0.3 is 7.69 Å². The molecule has 387 valence electrons. The van der Waals surface area contributed by atoms with Gasteiger partial charge in [0.05, 0.1) is 4.47 Å². The smallest absolute Gasteiger partial charge is 0.537 e. The Balaban J connectivity index is 0.000000207. The normalized spacial score (nSPS) is 10.4. The van der Waals surface area contributed by atoms with Gasteiger partial charge in [-0.3, -0.25) is 0 Å². The fourth-order valence-corrected chi connectivity index (χ4v) is 8.15. The lowest BCUT2D eigenvalue weighted by Crippen LogP contribution is -2.01. The molecule has 0 aliphatic heterocycles. The largest absolute Gasteiger partial charge is 0.569 e. The van der Waals surface area contributed by atoms with Crippen LogP contribution in [0.3, 0.4) is 0 Å². The fourth-order valence-electron chi connectivity index (χ4n) is 7.90. The number of benzene rings is 8. The van der Waals surface area contributed by atoms with Crippen molar-refractivity contribution in [2.24, 2.45) is 0 Å². The SMILES string of the molecule is CCCCc1ccc(C#Cc2ccc(-c3ccc(-c4cc(F)c(F)c(F)c4)c(F)c3)cc2CC)cc1.CCCCc1ccc(C#Cc2ccc(-c3ccc(Br)c(F)c3)cc2CC)cc1.O[B]Oc1cc(F)c(F)c(F)c1. The highest BCUT2D eigenvalue weighted by atomic mass is 79.9. The average molecular weight is 1100 g/mol. The molecule has 0 fully saturated rings. The Kier molecular flexibility index (Phi) is 21.7. The van der Waals surface area contributed by atoms with Crippen molar-refractivity contribution in [2.45, 2.75) is 79.1 Å². The molecule has 2 nitrogen and oxygen atoms in total. The Labute approximate surface area is 449 Å². The molecule has 0 amide bonds. The number of unbranched alkanes of at least 4 members (excludes halogenated alkanes) is 2. The minimum atomic E-state index is -1.57. The molecule has 76 heavy (non-hydrogen) atoms. The number of halogens is 9. The predicted molar refractivity (Wildman–Crippen MR) is 292 cm³/mol. The number of aryl methyl sites for hydroxylation is 4. The van der Waals surface area contributed by atoms with Gasteiger partial charge in [-0.1, -0.05) is 119 Å². The number of rotatable bonds is 13. The zero-order valence-electron chi connectivity index (χ0n) is 42.3. The lowest BCUT2D eigenvalue weighted by molar-refractivity contribution is 0.421. The maximum atomic E-state index is 14.9. The first-order chi connectivity index (χ1) is 36.6. The fraction of sp³-hybridized carbons (Fsp3) is 0.188. The van der Waals surface area contributed by atoms with Gasteiger partial charge in [-0.25, -0.2) is 35.1 Å². The summed E-state index contributed by atoms with van der Waals surface area (Å²) in [5.41, 5.74) is 12.0. The third-order valence-corrected chi connectivity index (χ3v) is 12.8. The van der Waals surface area contributed by atoms with E-state index in [-0.39, 0.29) is 30.4 Å². The van der Waals surface area contributed by atoms with Gasteiger partial charge in [-0.05, 0) is 183 Å². The van der Waals surface area contributed by atoms with E-state index >= 15 is 0 Å². The molecule has 0 saturated heterocycles. The van der Waals surface area contributed by atoms with Crippen LogP contribution in [0.1, 0.15) is 97.9 Å². The monoisotopic (exact) mass is 1100 g/mol. The number of hydrogen-bond acceptors (Lipinski definition) is 2. The summed E-state index contributed by atoms with van der Waals surface area (Å²) in [5.74, 6) is 3.27. The zero-order chi connectivity index (χ0) is 54.7. The topological polar surface area (TPSA) is 29.5 Å². The van der Waals surface area contributed by atoms with Crippen molar-refractivity contribution in [3.63, 3.8) is 0 Å². The molecule has 1 N–H and O–H groups in total. The van der Waals surface area contributed by atoms with E-state index < -0.39 is 40.7 Å². The van der Waals surface area contributed by atoms with E-state index in [0.29, 0.717) is 22.2 Å². The molecular formula is C64H53BBrF8O2. The Morgan fingerprint density at radius 2 is 0.829 bits per heavy atom. The van der Waals surface area contributed by atoms with Crippen molar-refractivity contribution >= 4 is 23.6 Å². The highest BCUT2D eigenvalue weighted by Crippen LogP contribution is 2.32. The molecule has 0 bridgehead atoms. The summed E-state index contributed by atoms with van der Waals surface area (Å²) in [6.45, 7) is 8.55. The van der Waals surface area contributed by atoms with Crippen LogP contribution in [-0.2, 0) is 25.7 Å². The van der Waals surface area contributed by atoms with Crippen molar-refractivity contribution in [3.8, 4) is 62.8 Å².